The van der Waals surface area contributed by atoms with Crippen LogP contribution < -0.4 is 4.74 Å². The van der Waals surface area contributed by atoms with Gasteiger partial charge in [-0.3, -0.25) is 0 Å². The van der Waals surface area contributed by atoms with E-state index in [0.29, 0.717) is 5.17 Å². The quantitative estimate of drug-likeness (QED) is 0.715. The van der Waals surface area contributed by atoms with Crippen LogP contribution in [-0.4, -0.2) is 24.2 Å². The molecule has 2 nitrogen and oxygen atoms in total. The first-order chi connectivity index (χ1) is 7.04. The van der Waals surface area contributed by atoms with Crippen molar-refractivity contribution in [2.75, 3.05) is 14.1 Å². The van der Waals surface area contributed by atoms with E-state index in [1.165, 1.54) is 11.1 Å². The number of hydrogen-bond acceptors (Lipinski definition) is 2. The normalized spacial score (nSPS) is 9.87. The molecule has 0 aliphatic rings. The summed E-state index contributed by atoms with van der Waals surface area (Å²) in [5.74, 6) is 0.863. The molecule has 1 aromatic carbocycles. The summed E-state index contributed by atoms with van der Waals surface area (Å²) < 4.78 is 5.61. The minimum Gasteiger partial charge on any atom is -0.432 e. The minimum atomic E-state index is 0.494. The van der Waals surface area contributed by atoms with Gasteiger partial charge in [0.15, 0.2) is 0 Å². The summed E-state index contributed by atoms with van der Waals surface area (Å²) in [7, 11) is 3.75. The zero-order valence-corrected chi connectivity index (χ0v) is 10.5. The Bertz CT molecular complexity index is 361. The van der Waals surface area contributed by atoms with Crippen LogP contribution in [0.15, 0.2) is 18.2 Å². The highest BCUT2D eigenvalue weighted by molar-refractivity contribution is 7.80. The first kappa shape index (κ1) is 12.0. The average Bonchev–Trinajstić information content (AvgIpc) is 2.20. The maximum Gasteiger partial charge on any atom is 0.264 e. The summed E-state index contributed by atoms with van der Waals surface area (Å²) in [5.41, 5.74) is 2.44. The third-order valence-corrected chi connectivity index (χ3v) is 2.61. The van der Waals surface area contributed by atoms with E-state index in [4.69, 9.17) is 17.0 Å². The first-order valence-corrected chi connectivity index (χ1v) is 5.44. The van der Waals surface area contributed by atoms with Crippen LogP contribution in [-0.2, 0) is 6.42 Å². The summed E-state index contributed by atoms with van der Waals surface area (Å²) in [6.07, 6.45) is 0.951. The molecular formula is C12H17NOS. The van der Waals surface area contributed by atoms with Gasteiger partial charge in [-0.2, -0.15) is 0 Å². The van der Waals surface area contributed by atoms with Crippen LogP contribution in [0.2, 0.25) is 0 Å². The Morgan fingerprint density at radius 2 is 2.07 bits per heavy atom. The van der Waals surface area contributed by atoms with Crippen LogP contribution >= 0.6 is 12.2 Å². The fourth-order valence-corrected chi connectivity index (χ4v) is 1.36. The Kier molecular flexibility index (Phi) is 4.09. The van der Waals surface area contributed by atoms with Crippen molar-refractivity contribution in [2.24, 2.45) is 0 Å². The lowest BCUT2D eigenvalue weighted by molar-refractivity contribution is 0.446. The molecule has 0 atom stereocenters. The number of nitrogens with zero attached hydrogens (tertiary/aromatic N) is 1. The van der Waals surface area contributed by atoms with Gasteiger partial charge in [0.25, 0.3) is 5.17 Å². The maximum absolute atomic E-state index is 5.61. The van der Waals surface area contributed by atoms with Crippen molar-refractivity contribution >= 4 is 17.4 Å². The Hall–Kier alpha value is -1.09. The van der Waals surface area contributed by atoms with E-state index < -0.39 is 0 Å². The zero-order valence-electron chi connectivity index (χ0n) is 9.70. The number of rotatable bonds is 2. The topological polar surface area (TPSA) is 12.5 Å². The molecule has 0 saturated heterocycles. The van der Waals surface area contributed by atoms with Crippen molar-refractivity contribution in [1.29, 1.82) is 0 Å². The monoisotopic (exact) mass is 223 g/mol. The number of aryl methyl sites for hydroxylation is 2. The van der Waals surface area contributed by atoms with E-state index in [0.717, 1.165) is 12.2 Å². The lowest BCUT2D eigenvalue weighted by Gasteiger charge is -2.16. The second kappa shape index (κ2) is 5.12. The molecular weight excluding hydrogens is 206 g/mol. The van der Waals surface area contributed by atoms with Crippen molar-refractivity contribution in [3.05, 3.63) is 29.3 Å². The average molecular weight is 223 g/mol. The zero-order chi connectivity index (χ0) is 11.4. The number of benzene rings is 1. The van der Waals surface area contributed by atoms with E-state index in [9.17, 15) is 0 Å². The van der Waals surface area contributed by atoms with Gasteiger partial charge < -0.3 is 9.64 Å². The fourth-order valence-electron chi connectivity index (χ4n) is 1.27. The number of hydrogen-bond donors (Lipinski definition) is 0. The molecule has 0 spiro atoms. The molecule has 3 heteroatoms. The standard InChI is InChI=1S/C12H17NOS/c1-5-10-8-9(2)6-7-11(10)14-12(15)13(3)4/h6-8H,5H2,1-4H3. The third kappa shape index (κ3) is 3.20. The molecule has 1 aromatic rings. The summed E-state index contributed by atoms with van der Waals surface area (Å²) >= 11 is 5.10. The van der Waals surface area contributed by atoms with Crippen LogP contribution in [0.1, 0.15) is 18.1 Å². The van der Waals surface area contributed by atoms with Gasteiger partial charge in [-0.25, -0.2) is 0 Å². The highest BCUT2D eigenvalue weighted by atomic mass is 32.1. The van der Waals surface area contributed by atoms with Crippen molar-refractivity contribution < 1.29 is 4.74 Å². The number of ether oxygens (including phenoxy) is 1. The SMILES string of the molecule is CCc1cc(C)ccc1OC(=S)N(C)C. The van der Waals surface area contributed by atoms with E-state index in [2.05, 4.69) is 19.9 Å². The second-order valence-corrected chi connectivity index (χ2v) is 4.08. The smallest absolute Gasteiger partial charge is 0.264 e. The number of thiocarbonyl (C=S) groups is 1. The lowest BCUT2D eigenvalue weighted by atomic mass is 10.1. The van der Waals surface area contributed by atoms with Crippen molar-refractivity contribution in [2.45, 2.75) is 20.3 Å². The highest BCUT2D eigenvalue weighted by Gasteiger charge is 2.06. The molecule has 15 heavy (non-hydrogen) atoms. The van der Waals surface area contributed by atoms with Crippen LogP contribution in [0, 0.1) is 6.92 Å². The highest BCUT2D eigenvalue weighted by Crippen LogP contribution is 2.21. The molecule has 0 bridgehead atoms. The van der Waals surface area contributed by atoms with Gasteiger partial charge >= 0.3 is 0 Å². The Labute approximate surface area is 96.9 Å². The summed E-state index contributed by atoms with van der Waals surface area (Å²) in [6, 6.07) is 6.14. The van der Waals surface area contributed by atoms with E-state index in [1.807, 2.05) is 26.2 Å². The van der Waals surface area contributed by atoms with Crippen LogP contribution in [0.3, 0.4) is 0 Å². The third-order valence-electron chi connectivity index (χ3n) is 2.16. The van der Waals surface area contributed by atoms with Crippen molar-refractivity contribution in [3.8, 4) is 5.75 Å². The molecule has 0 saturated carbocycles. The van der Waals surface area contributed by atoms with Crippen molar-refractivity contribution in [3.63, 3.8) is 0 Å². The van der Waals surface area contributed by atoms with Gasteiger partial charge in [-0.1, -0.05) is 24.6 Å². The molecule has 0 unspecified atom stereocenters. The van der Waals surface area contributed by atoms with E-state index in [-0.39, 0.29) is 0 Å². The molecule has 0 heterocycles. The molecule has 0 aromatic heterocycles. The first-order valence-electron chi connectivity index (χ1n) is 5.03. The molecule has 0 aliphatic carbocycles. The molecule has 0 fully saturated rings. The van der Waals surface area contributed by atoms with Gasteiger partial charge in [-0.15, -0.1) is 0 Å². The lowest BCUT2D eigenvalue weighted by Crippen LogP contribution is -2.25. The van der Waals surface area contributed by atoms with Crippen LogP contribution in [0.4, 0.5) is 0 Å². The van der Waals surface area contributed by atoms with Gasteiger partial charge in [0.05, 0.1) is 0 Å². The van der Waals surface area contributed by atoms with Gasteiger partial charge in [0.1, 0.15) is 5.75 Å². The van der Waals surface area contributed by atoms with Crippen LogP contribution in [0.5, 0.6) is 5.75 Å². The maximum atomic E-state index is 5.61. The molecule has 0 N–H and O–H groups in total. The van der Waals surface area contributed by atoms with Gasteiger partial charge in [-0.05, 0) is 37.2 Å². The molecule has 0 amide bonds. The Morgan fingerprint density at radius 1 is 1.40 bits per heavy atom. The molecule has 1 rings (SSSR count). The molecule has 0 radical (unpaired) electrons. The second-order valence-electron chi connectivity index (χ2n) is 3.73. The van der Waals surface area contributed by atoms with E-state index >= 15 is 0 Å². The van der Waals surface area contributed by atoms with E-state index in [1.54, 1.807) is 4.90 Å². The van der Waals surface area contributed by atoms with Crippen molar-refractivity contribution in [1.82, 2.24) is 4.90 Å². The predicted octanol–water partition coefficient (Wildman–Crippen LogP) is 2.78. The molecule has 0 aliphatic heterocycles. The Morgan fingerprint density at radius 3 is 2.60 bits per heavy atom. The van der Waals surface area contributed by atoms with Gasteiger partial charge in [0, 0.05) is 14.1 Å². The van der Waals surface area contributed by atoms with Gasteiger partial charge in [0.2, 0.25) is 0 Å². The van der Waals surface area contributed by atoms with Crippen LogP contribution in [0.25, 0.3) is 0 Å². The summed E-state index contributed by atoms with van der Waals surface area (Å²) in [4.78, 5) is 1.79. The molecule has 82 valence electrons. The largest absolute Gasteiger partial charge is 0.432 e. The fraction of sp³-hybridized carbons (Fsp3) is 0.417. The minimum absolute atomic E-state index is 0.494. The Balaban J connectivity index is 2.89. The summed E-state index contributed by atoms with van der Waals surface area (Å²) in [5, 5.41) is 0.494. The summed E-state index contributed by atoms with van der Waals surface area (Å²) in [6.45, 7) is 4.19. The predicted molar refractivity (Wildman–Crippen MR) is 67.5 cm³/mol.